The van der Waals surface area contributed by atoms with E-state index in [1.54, 1.807) is 0 Å². The third-order valence-electron chi connectivity index (χ3n) is 4.06. The van der Waals surface area contributed by atoms with Crippen LogP contribution in [0.25, 0.3) is 0 Å². The van der Waals surface area contributed by atoms with Crippen LogP contribution in [-0.4, -0.2) is 30.7 Å². The molecule has 0 saturated carbocycles. The van der Waals surface area contributed by atoms with Crippen molar-refractivity contribution in [3.8, 4) is 0 Å². The van der Waals surface area contributed by atoms with Crippen molar-refractivity contribution in [2.45, 2.75) is 58.3 Å². The van der Waals surface area contributed by atoms with Crippen molar-refractivity contribution in [2.24, 2.45) is 11.8 Å². The van der Waals surface area contributed by atoms with E-state index in [4.69, 9.17) is 0 Å². The van der Waals surface area contributed by atoms with Gasteiger partial charge in [0.2, 0.25) is 5.91 Å². The van der Waals surface area contributed by atoms with Crippen LogP contribution in [0, 0.1) is 11.8 Å². The Morgan fingerprint density at radius 1 is 1.37 bits per heavy atom. The Balaban J connectivity index is 2.41. The van der Waals surface area contributed by atoms with Crippen molar-refractivity contribution in [1.82, 2.24) is 10.6 Å². The van der Waals surface area contributed by atoms with Crippen LogP contribution < -0.4 is 10.6 Å². The van der Waals surface area contributed by atoms with Gasteiger partial charge in [0.15, 0.2) is 0 Å². The van der Waals surface area contributed by atoms with Crippen LogP contribution in [0.3, 0.4) is 0 Å². The van der Waals surface area contributed by atoms with Gasteiger partial charge in [-0.3, -0.25) is 4.79 Å². The van der Waals surface area contributed by atoms with E-state index in [1.807, 2.05) is 20.8 Å². The number of hydrogen-bond acceptors (Lipinski definition) is 2. The number of hydrogen-bond donors (Lipinski definition) is 2. The molecule has 1 aliphatic heterocycles. The Morgan fingerprint density at radius 2 is 2.00 bits per heavy atom. The van der Waals surface area contributed by atoms with Gasteiger partial charge in [0, 0.05) is 12.6 Å². The van der Waals surface area contributed by atoms with E-state index in [-0.39, 0.29) is 31.3 Å². The minimum Gasteiger partial charge on any atom is -0.352 e. The molecule has 0 bridgehead atoms. The normalized spacial score (nSPS) is 27.7. The zero-order valence-electron chi connectivity index (χ0n) is 11.7. The van der Waals surface area contributed by atoms with Crippen LogP contribution in [0.15, 0.2) is 0 Å². The first-order chi connectivity index (χ1) is 8.75. The molecule has 1 rings (SSSR count). The maximum Gasteiger partial charge on any atom is 0.393 e. The molecule has 0 spiro atoms. The smallest absolute Gasteiger partial charge is 0.352 e. The molecular weight excluding hydrogens is 257 g/mol. The fourth-order valence-electron chi connectivity index (χ4n) is 2.18. The summed E-state index contributed by atoms with van der Waals surface area (Å²) in [6.45, 7) is 5.84. The fourth-order valence-corrected chi connectivity index (χ4v) is 2.18. The number of nitrogens with one attached hydrogen (secondary N) is 2. The van der Waals surface area contributed by atoms with Crippen LogP contribution in [0.1, 0.15) is 40.0 Å². The lowest BCUT2D eigenvalue weighted by atomic mass is 9.93. The monoisotopic (exact) mass is 280 g/mol. The zero-order valence-corrected chi connectivity index (χ0v) is 11.7. The Bertz CT molecular complexity index is 299. The van der Waals surface area contributed by atoms with Gasteiger partial charge in [0.25, 0.3) is 0 Å². The summed E-state index contributed by atoms with van der Waals surface area (Å²) in [5.74, 6) is -1.16. The molecule has 0 aromatic heterocycles. The molecule has 1 aliphatic rings. The predicted molar refractivity (Wildman–Crippen MR) is 67.6 cm³/mol. The highest BCUT2D eigenvalue weighted by Crippen LogP contribution is 2.31. The van der Waals surface area contributed by atoms with E-state index in [1.165, 1.54) is 0 Å². The van der Waals surface area contributed by atoms with Crippen molar-refractivity contribution in [3.05, 3.63) is 0 Å². The van der Waals surface area contributed by atoms with Gasteiger partial charge in [0.1, 0.15) is 0 Å². The van der Waals surface area contributed by atoms with Crippen LogP contribution in [0.5, 0.6) is 0 Å². The molecule has 4 unspecified atom stereocenters. The van der Waals surface area contributed by atoms with Gasteiger partial charge >= 0.3 is 6.18 Å². The first-order valence-corrected chi connectivity index (χ1v) is 6.86. The molecular formula is C13H23F3N2O. The highest BCUT2D eigenvalue weighted by molar-refractivity contribution is 5.82. The molecule has 1 amide bonds. The van der Waals surface area contributed by atoms with Crippen molar-refractivity contribution in [1.29, 1.82) is 0 Å². The number of piperidine rings is 1. The SMILES string of the molecule is CCC(C)C(C)NC(=O)C1CCC(C(F)(F)F)CN1. The van der Waals surface area contributed by atoms with E-state index in [0.717, 1.165) is 6.42 Å². The van der Waals surface area contributed by atoms with E-state index >= 15 is 0 Å². The summed E-state index contributed by atoms with van der Waals surface area (Å²) in [6.07, 6.45) is -2.95. The lowest BCUT2D eigenvalue weighted by Crippen LogP contribution is -2.53. The molecule has 0 aliphatic carbocycles. The number of carbonyl (C=O) groups excluding carboxylic acids is 1. The van der Waals surface area contributed by atoms with Crippen molar-refractivity contribution in [3.63, 3.8) is 0 Å². The largest absolute Gasteiger partial charge is 0.393 e. The molecule has 112 valence electrons. The average Bonchev–Trinajstić information content (AvgIpc) is 2.36. The molecule has 0 radical (unpaired) electrons. The van der Waals surface area contributed by atoms with Crippen LogP contribution in [0.2, 0.25) is 0 Å². The number of rotatable bonds is 4. The summed E-state index contributed by atoms with van der Waals surface area (Å²) in [6, 6.07) is -0.454. The molecule has 1 saturated heterocycles. The fraction of sp³-hybridized carbons (Fsp3) is 0.923. The van der Waals surface area contributed by atoms with Gasteiger partial charge in [-0.05, 0) is 25.7 Å². The number of halogens is 3. The molecule has 2 N–H and O–H groups in total. The number of amides is 1. The predicted octanol–water partition coefficient (Wildman–Crippen LogP) is 2.47. The second-order valence-corrected chi connectivity index (χ2v) is 5.46. The lowest BCUT2D eigenvalue weighted by molar-refractivity contribution is -0.180. The van der Waals surface area contributed by atoms with E-state index in [2.05, 4.69) is 10.6 Å². The molecule has 3 nitrogen and oxygen atoms in total. The summed E-state index contributed by atoms with van der Waals surface area (Å²) < 4.78 is 37.5. The van der Waals surface area contributed by atoms with Gasteiger partial charge in [-0.2, -0.15) is 13.2 Å². The second-order valence-electron chi connectivity index (χ2n) is 5.46. The number of carbonyl (C=O) groups is 1. The molecule has 1 heterocycles. The summed E-state index contributed by atoms with van der Waals surface area (Å²) >= 11 is 0. The maximum atomic E-state index is 12.5. The van der Waals surface area contributed by atoms with Crippen LogP contribution in [0.4, 0.5) is 13.2 Å². The quantitative estimate of drug-likeness (QED) is 0.830. The highest BCUT2D eigenvalue weighted by Gasteiger charge is 2.42. The van der Waals surface area contributed by atoms with Gasteiger partial charge in [-0.1, -0.05) is 20.3 Å². The first-order valence-electron chi connectivity index (χ1n) is 6.86. The third-order valence-corrected chi connectivity index (χ3v) is 4.06. The Kier molecular flexibility index (Phi) is 5.64. The Hall–Kier alpha value is -0.780. The zero-order chi connectivity index (χ0) is 14.6. The highest BCUT2D eigenvalue weighted by atomic mass is 19.4. The van der Waals surface area contributed by atoms with Gasteiger partial charge in [-0.25, -0.2) is 0 Å². The standard InChI is InChI=1S/C13H23F3N2O/c1-4-8(2)9(3)18-12(19)11-6-5-10(7-17-11)13(14,15)16/h8-11,17H,4-7H2,1-3H3,(H,18,19). The van der Waals surface area contributed by atoms with Gasteiger partial charge in [-0.15, -0.1) is 0 Å². The van der Waals surface area contributed by atoms with Gasteiger partial charge in [0.05, 0.1) is 12.0 Å². The second kappa shape index (κ2) is 6.59. The van der Waals surface area contributed by atoms with Gasteiger partial charge < -0.3 is 10.6 Å². The summed E-state index contributed by atoms with van der Waals surface area (Å²) in [4.78, 5) is 11.9. The summed E-state index contributed by atoms with van der Waals surface area (Å²) in [5.41, 5.74) is 0. The molecule has 1 fully saturated rings. The van der Waals surface area contributed by atoms with Crippen LogP contribution in [-0.2, 0) is 4.79 Å². The Labute approximate surface area is 112 Å². The molecule has 19 heavy (non-hydrogen) atoms. The van der Waals surface area contributed by atoms with Crippen molar-refractivity contribution >= 4 is 5.91 Å². The minimum atomic E-state index is -4.17. The molecule has 4 atom stereocenters. The average molecular weight is 280 g/mol. The topological polar surface area (TPSA) is 41.1 Å². The van der Waals surface area contributed by atoms with Crippen LogP contribution >= 0.6 is 0 Å². The minimum absolute atomic E-state index is 0.0201. The number of alkyl halides is 3. The van der Waals surface area contributed by atoms with E-state index < -0.39 is 18.1 Å². The molecule has 6 heteroatoms. The summed E-state index contributed by atoms with van der Waals surface area (Å²) in [7, 11) is 0. The third kappa shape index (κ3) is 4.67. The van der Waals surface area contributed by atoms with E-state index in [0.29, 0.717) is 5.92 Å². The first kappa shape index (κ1) is 16.3. The molecule has 0 aromatic rings. The lowest BCUT2D eigenvalue weighted by Gasteiger charge is -2.31. The van der Waals surface area contributed by atoms with E-state index in [9.17, 15) is 18.0 Å². The summed E-state index contributed by atoms with van der Waals surface area (Å²) in [5, 5.41) is 5.58. The Morgan fingerprint density at radius 3 is 2.42 bits per heavy atom. The van der Waals surface area contributed by atoms with Crippen molar-refractivity contribution < 1.29 is 18.0 Å². The molecule has 0 aromatic carbocycles. The van der Waals surface area contributed by atoms with Crippen molar-refractivity contribution in [2.75, 3.05) is 6.54 Å². The maximum absolute atomic E-state index is 12.5.